The summed E-state index contributed by atoms with van der Waals surface area (Å²) in [5.74, 6) is 0.339. The van der Waals surface area contributed by atoms with Crippen LogP contribution in [-0.4, -0.2) is 34.0 Å². The molecule has 0 bridgehead atoms. The zero-order valence-corrected chi connectivity index (χ0v) is 15.1. The van der Waals surface area contributed by atoms with Crippen LogP contribution in [0, 0.1) is 11.8 Å². The Morgan fingerprint density at radius 1 is 1.28 bits per heavy atom. The van der Waals surface area contributed by atoms with Crippen molar-refractivity contribution in [2.75, 3.05) is 19.0 Å². The third-order valence-electron chi connectivity index (χ3n) is 4.94. The maximum atomic E-state index is 12.6. The number of sulfonamides is 1. The van der Waals surface area contributed by atoms with Crippen LogP contribution in [0.3, 0.4) is 0 Å². The van der Waals surface area contributed by atoms with Gasteiger partial charge in [-0.3, -0.25) is 4.79 Å². The number of rotatable bonds is 7. The van der Waals surface area contributed by atoms with Gasteiger partial charge in [0, 0.05) is 12.0 Å². The number of hydrogen-bond acceptors (Lipinski definition) is 5. The van der Waals surface area contributed by atoms with E-state index in [0.29, 0.717) is 18.0 Å². The highest BCUT2D eigenvalue weighted by Gasteiger charge is 2.33. The average Bonchev–Trinajstić information content (AvgIpc) is 3.25. The number of nitrogens with two attached hydrogens (primary N) is 1. The van der Waals surface area contributed by atoms with Crippen LogP contribution in [0.2, 0.25) is 0 Å². The molecular formula is C17H25N3O4S. The molecule has 0 heterocycles. The summed E-state index contributed by atoms with van der Waals surface area (Å²) in [6.07, 6.45) is 4.46. The predicted molar refractivity (Wildman–Crippen MR) is 94.9 cm³/mol. The largest absolute Gasteiger partial charge is 0.495 e. The van der Waals surface area contributed by atoms with Gasteiger partial charge in [0.15, 0.2) is 0 Å². The first-order chi connectivity index (χ1) is 11.9. The van der Waals surface area contributed by atoms with E-state index in [9.17, 15) is 13.2 Å². The lowest BCUT2D eigenvalue weighted by atomic mass is 9.95. The molecule has 2 fully saturated rings. The number of amides is 1. The summed E-state index contributed by atoms with van der Waals surface area (Å²) in [5.41, 5.74) is 6.12. The number of anilines is 1. The minimum Gasteiger partial charge on any atom is -0.495 e. The molecule has 138 valence electrons. The second-order valence-corrected chi connectivity index (χ2v) is 8.49. The number of ether oxygens (including phenoxy) is 1. The van der Waals surface area contributed by atoms with Crippen LogP contribution < -0.4 is 20.5 Å². The fourth-order valence-corrected chi connectivity index (χ4v) is 4.66. The zero-order chi connectivity index (χ0) is 18.0. The van der Waals surface area contributed by atoms with Gasteiger partial charge in [-0.25, -0.2) is 13.1 Å². The summed E-state index contributed by atoms with van der Waals surface area (Å²) in [6, 6.07) is 4.52. The Morgan fingerprint density at radius 3 is 2.68 bits per heavy atom. The molecule has 8 heteroatoms. The molecule has 1 aromatic rings. The molecule has 0 aliphatic heterocycles. The number of nitrogens with one attached hydrogen (secondary N) is 2. The standard InChI is InChI=1S/C17H25N3O4S/c1-24-16-8-7-13(25(22,23)20-12-5-6-12)9-15(16)19-17(21)14-4-2-3-11(14)10-18/h7-9,11-12,14,20H,2-6,10,18H2,1H3,(H,19,21)/t11-,14-/m1/s1. The molecule has 2 saturated carbocycles. The van der Waals surface area contributed by atoms with Crippen LogP contribution in [0.5, 0.6) is 5.75 Å². The van der Waals surface area contributed by atoms with Crippen LogP contribution in [0.25, 0.3) is 0 Å². The second kappa shape index (κ2) is 7.31. The molecule has 0 unspecified atom stereocenters. The lowest BCUT2D eigenvalue weighted by Gasteiger charge is -2.19. The summed E-state index contributed by atoms with van der Waals surface area (Å²) >= 11 is 0. The number of benzene rings is 1. The molecule has 0 spiro atoms. The monoisotopic (exact) mass is 367 g/mol. The first-order valence-corrected chi connectivity index (χ1v) is 10.1. The molecule has 2 atom stereocenters. The second-order valence-electron chi connectivity index (χ2n) is 6.78. The van der Waals surface area contributed by atoms with Gasteiger partial charge in [-0.1, -0.05) is 6.42 Å². The van der Waals surface area contributed by atoms with E-state index < -0.39 is 10.0 Å². The number of carbonyl (C=O) groups excluding carboxylic acids is 1. The van der Waals surface area contributed by atoms with Gasteiger partial charge in [0.2, 0.25) is 15.9 Å². The summed E-state index contributed by atoms with van der Waals surface area (Å²) in [6.45, 7) is 0.481. The van der Waals surface area contributed by atoms with E-state index in [1.807, 2.05) is 0 Å². The van der Waals surface area contributed by atoms with Gasteiger partial charge in [-0.15, -0.1) is 0 Å². The van der Waals surface area contributed by atoms with E-state index in [4.69, 9.17) is 10.5 Å². The molecule has 7 nitrogen and oxygen atoms in total. The summed E-state index contributed by atoms with van der Waals surface area (Å²) in [5, 5.41) is 2.84. The molecule has 2 aliphatic carbocycles. The molecule has 25 heavy (non-hydrogen) atoms. The number of carbonyl (C=O) groups is 1. The van der Waals surface area contributed by atoms with Crippen molar-refractivity contribution in [2.45, 2.75) is 43.0 Å². The summed E-state index contributed by atoms with van der Waals surface area (Å²) < 4.78 is 32.7. The first kappa shape index (κ1) is 18.2. The number of hydrogen-bond donors (Lipinski definition) is 3. The van der Waals surface area contributed by atoms with E-state index in [2.05, 4.69) is 10.0 Å². The van der Waals surface area contributed by atoms with Crippen LogP contribution in [0.4, 0.5) is 5.69 Å². The maximum absolute atomic E-state index is 12.6. The zero-order valence-electron chi connectivity index (χ0n) is 14.3. The van der Waals surface area contributed by atoms with E-state index in [1.165, 1.54) is 19.2 Å². The van der Waals surface area contributed by atoms with E-state index in [0.717, 1.165) is 32.1 Å². The Kier molecular flexibility index (Phi) is 5.31. The van der Waals surface area contributed by atoms with Gasteiger partial charge < -0.3 is 15.8 Å². The number of methoxy groups -OCH3 is 1. The topological polar surface area (TPSA) is 111 Å². The molecule has 2 aliphatic rings. The van der Waals surface area contributed by atoms with Crippen LogP contribution >= 0.6 is 0 Å². The van der Waals surface area contributed by atoms with Gasteiger partial charge in [0.25, 0.3) is 0 Å². The van der Waals surface area contributed by atoms with Crippen LogP contribution in [-0.2, 0) is 14.8 Å². The Labute approximate surface area is 148 Å². The minimum absolute atomic E-state index is 0.0222. The van der Waals surface area contributed by atoms with Crippen molar-refractivity contribution in [3.05, 3.63) is 18.2 Å². The summed E-state index contributed by atoms with van der Waals surface area (Å²) in [4.78, 5) is 12.7. The molecule has 3 rings (SSSR count). The van der Waals surface area contributed by atoms with Crippen LogP contribution in [0.1, 0.15) is 32.1 Å². The Bertz CT molecular complexity index is 746. The lowest BCUT2D eigenvalue weighted by Crippen LogP contribution is -2.30. The average molecular weight is 367 g/mol. The molecule has 1 aromatic carbocycles. The minimum atomic E-state index is -3.59. The van der Waals surface area contributed by atoms with Crippen molar-refractivity contribution < 1.29 is 17.9 Å². The molecule has 4 N–H and O–H groups in total. The fourth-order valence-electron chi connectivity index (χ4n) is 3.33. The maximum Gasteiger partial charge on any atom is 0.240 e. The van der Waals surface area contributed by atoms with Crippen molar-refractivity contribution in [2.24, 2.45) is 17.6 Å². The van der Waals surface area contributed by atoms with Gasteiger partial charge in [0.1, 0.15) is 5.75 Å². The normalized spacial score (nSPS) is 23.4. The van der Waals surface area contributed by atoms with Crippen molar-refractivity contribution in [1.29, 1.82) is 0 Å². The lowest BCUT2D eigenvalue weighted by molar-refractivity contribution is -0.120. The van der Waals surface area contributed by atoms with Gasteiger partial charge in [-0.05, 0) is 56.3 Å². The molecule has 1 amide bonds. The van der Waals surface area contributed by atoms with Crippen molar-refractivity contribution in [3.63, 3.8) is 0 Å². The van der Waals surface area contributed by atoms with E-state index in [-0.39, 0.29) is 28.7 Å². The smallest absolute Gasteiger partial charge is 0.240 e. The SMILES string of the molecule is COc1ccc(S(=O)(=O)NC2CC2)cc1NC(=O)[C@@H]1CCC[C@@H]1CN. The highest BCUT2D eigenvalue weighted by Crippen LogP contribution is 2.34. The van der Waals surface area contributed by atoms with E-state index in [1.54, 1.807) is 6.07 Å². The predicted octanol–water partition coefficient (Wildman–Crippen LogP) is 1.45. The Hall–Kier alpha value is -1.64. The highest BCUT2D eigenvalue weighted by atomic mass is 32.2. The Balaban J connectivity index is 1.81. The third-order valence-corrected chi connectivity index (χ3v) is 6.46. The van der Waals surface area contributed by atoms with Crippen molar-refractivity contribution in [1.82, 2.24) is 4.72 Å². The molecular weight excluding hydrogens is 342 g/mol. The fraction of sp³-hybridized carbons (Fsp3) is 0.588. The van der Waals surface area contributed by atoms with E-state index >= 15 is 0 Å². The van der Waals surface area contributed by atoms with Gasteiger partial charge >= 0.3 is 0 Å². The third kappa shape index (κ3) is 4.13. The van der Waals surface area contributed by atoms with Gasteiger partial charge in [0.05, 0.1) is 17.7 Å². The van der Waals surface area contributed by atoms with Crippen molar-refractivity contribution in [3.8, 4) is 5.75 Å². The van der Waals surface area contributed by atoms with Gasteiger partial charge in [-0.2, -0.15) is 0 Å². The molecule has 0 saturated heterocycles. The quantitative estimate of drug-likeness (QED) is 0.675. The Morgan fingerprint density at radius 2 is 2.04 bits per heavy atom. The van der Waals surface area contributed by atoms with Crippen molar-refractivity contribution >= 4 is 21.6 Å². The van der Waals surface area contributed by atoms with Crippen LogP contribution in [0.15, 0.2) is 23.1 Å². The molecule has 0 radical (unpaired) electrons. The molecule has 0 aromatic heterocycles. The highest BCUT2D eigenvalue weighted by molar-refractivity contribution is 7.89. The first-order valence-electron chi connectivity index (χ1n) is 8.66. The summed E-state index contributed by atoms with van der Waals surface area (Å²) in [7, 11) is -2.11.